The number of carbonyl (C=O) groups is 1. The molecule has 1 rings (SSSR count). The number of hydrogen-bond donors (Lipinski definition) is 2. The van der Waals surface area contributed by atoms with Crippen LogP contribution in [0.1, 0.15) is 6.42 Å². The first-order chi connectivity index (χ1) is 7.72. The molecule has 1 amide bonds. The Hall–Kier alpha value is -1.62. The van der Waals surface area contributed by atoms with Crippen LogP contribution >= 0.6 is 0 Å². The molecule has 0 aliphatic carbocycles. The highest BCUT2D eigenvalue weighted by molar-refractivity contribution is 5.77. The van der Waals surface area contributed by atoms with E-state index in [4.69, 9.17) is 9.84 Å². The van der Waals surface area contributed by atoms with Crippen molar-refractivity contribution < 1.29 is 19.0 Å². The average molecular weight is 227 g/mol. The fourth-order valence-corrected chi connectivity index (χ4v) is 1.06. The van der Waals surface area contributed by atoms with Crippen molar-refractivity contribution in [3.8, 4) is 5.75 Å². The van der Waals surface area contributed by atoms with Gasteiger partial charge in [0.2, 0.25) is 0 Å². The minimum absolute atomic E-state index is 0.0328. The molecule has 0 atom stereocenters. The van der Waals surface area contributed by atoms with Gasteiger partial charge in [0.1, 0.15) is 11.6 Å². The molecule has 0 spiro atoms. The maximum Gasteiger partial charge on any atom is 0.257 e. The van der Waals surface area contributed by atoms with Gasteiger partial charge < -0.3 is 15.2 Å². The van der Waals surface area contributed by atoms with Crippen molar-refractivity contribution in [1.82, 2.24) is 5.32 Å². The van der Waals surface area contributed by atoms with Crippen LogP contribution in [0.3, 0.4) is 0 Å². The van der Waals surface area contributed by atoms with Gasteiger partial charge in [-0.1, -0.05) is 6.07 Å². The quantitative estimate of drug-likeness (QED) is 0.703. The monoisotopic (exact) mass is 227 g/mol. The maximum absolute atomic E-state index is 12.7. The van der Waals surface area contributed by atoms with E-state index in [9.17, 15) is 9.18 Å². The van der Waals surface area contributed by atoms with E-state index in [1.807, 2.05) is 0 Å². The average Bonchev–Trinajstić information content (AvgIpc) is 2.27. The molecule has 0 radical (unpaired) electrons. The molecule has 1 aromatic carbocycles. The van der Waals surface area contributed by atoms with Gasteiger partial charge in [-0.25, -0.2) is 4.39 Å². The molecule has 88 valence electrons. The second kappa shape index (κ2) is 6.79. The molecular weight excluding hydrogens is 213 g/mol. The van der Waals surface area contributed by atoms with Crippen LogP contribution in [-0.2, 0) is 4.79 Å². The van der Waals surface area contributed by atoms with E-state index in [1.165, 1.54) is 18.2 Å². The van der Waals surface area contributed by atoms with Crippen LogP contribution in [0.4, 0.5) is 4.39 Å². The summed E-state index contributed by atoms with van der Waals surface area (Å²) in [5, 5.41) is 11.0. The van der Waals surface area contributed by atoms with Crippen LogP contribution < -0.4 is 10.1 Å². The van der Waals surface area contributed by atoms with Crippen molar-refractivity contribution in [1.29, 1.82) is 0 Å². The van der Waals surface area contributed by atoms with Crippen molar-refractivity contribution in [3.05, 3.63) is 30.1 Å². The third kappa shape index (κ3) is 4.75. The number of aliphatic hydroxyl groups is 1. The molecule has 0 aliphatic rings. The molecule has 0 aliphatic heterocycles. The van der Waals surface area contributed by atoms with E-state index < -0.39 is 5.82 Å². The van der Waals surface area contributed by atoms with Gasteiger partial charge in [0.15, 0.2) is 6.61 Å². The van der Waals surface area contributed by atoms with Gasteiger partial charge in [-0.05, 0) is 18.6 Å². The number of halogens is 1. The molecule has 0 saturated heterocycles. The normalized spacial score (nSPS) is 9.88. The van der Waals surface area contributed by atoms with Gasteiger partial charge in [-0.3, -0.25) is 4.79 Å². The van der Waals surface area contributed by atoms with E-state index in [2.05, 4.69) is 5.32 Å². The molecular formula is C11H14FNO3. The number of benzene rings is 1. The lowest BCUT2D eigenvalue weighted by atomic mass is 10.3. The van der Waals surface area contributed by atoms with E-state index in [0.717, 1.165) is 0 Å². The molecule has 0 bridgehead atoms. The smallest absolute Gasteiger partial charge is 0.257 e. The fraction of sp³-hybridized carbons (Fsp3) is 0.364. The van der Waals surface area contributed by atoms with Gasteiger partial charge in [-0.15, -0.1) is 0 Å². The van der Waals surface area contributed by atoms with Crippen molar-refractivity contribution in [2.24, 2.45) is 0 Å². The highest BCUT2D eigenvalue weighted by atomic mass is 19.1. The van der Waals surface area contributed by atoms with E-state index in [1.54, 1.807) is 6.07 Å². The minimum atomic E-state index is -0.404. The Labute approximate surface area is 93.0 Å². The van der Waals surface area contributed by atoms with E-state index in [-0.39, 0.29) is 19.1 Å². The first-order valence-electron chi connectivity index (χ1n) is 4.98. The SMILES string of the molecule is O=C(COc1cccc(F)c1)NCCCO. The lowest BCUT2D eigenvalue weighted by molar-refractivity contribution is -0.123. The number of ether oxygens (including phenoxy) is 1. The van der Waals surface area contributed by atoms with Crippen molar-refractivity contribution in [2.75, 3.05) is 19.8 Å². The van der Waals surface area contributed by atoms with Crippen LogP contribution in [0, 0.1) is 5.82 Å². The second-order valence-corrected chi connectivity index (χ2v) is 3.17. The largest absolute Gasteiger partial charge is 0.484 e. The topological polar surface area (TPSA) is 58.6 Å². The third-order valence-electron chi connectivity index (χ3n) is 1.82. The Balaban J connectivity index is 2.26. The highest BCUT2D eigenvalue weighted by Crippen LogP contribution is 2.11. The minimum Gasteiger partial charge on any atom is -0.484 e. The summed E-state index contributed by atoms with van der Waals surface area (Å²) >= 11 is 0. The Morgan fingerprint density at radius 3 is 3.00 bits per heavy atom. The maximum atomic E-state index is 12.7. The molecule has 0 saturated carbocycles. The van der Waals surface area contributed by atoms with Gasteiger partial charge in [-0.2, -0.15) is 0 Å². The first kappa shape index (κ1) is 12.4. The molecule has 0 fully saturated rings. The second-order valence-electron chi connectivity index (χ2n) is 3.17. The summed E-state index contributed by atoms with van der Waals surface area (Å²) in [7, 11) is 0. The highest BCUT2D eigenvalue weighted by Gasteiger charge is 2.02. The Bertz CT molecular complexity index is 344. The van der Waals surface area contributed by atoms with Crippen LogP contribution in [0.15, 0.2) is 24.3 Å². The van der Waals surface area contributed by atoms with Gasteiger partial charge >= 0.3 is 0 Å². The van der Waals surface area contributed by atoms with Gasteiger partial charge in [0.25, 0.3) is 5.91 Å². The van der Waals surface area contributed by atoms with Crippen molar-refractivity contribution in [2.45, 2.75) is 6.42 Å². The summed E-state index contributed by atoms with van der Waals surface area (Å²) in [5.41, 5.74) is 0. The number of amides is 1. The zero-order valence-electron chi connectivity index (χ0n) is 8.78. The molecule has 16 heavy (non-hydrogen) atoms. The summed E-state index contributed by atoms with van der Waals surface area (Å²) in [4.78, 5) is 11.2. The Morgan fingerprint density at radius 2 is 2.31 bits per heavy atom. The zero-order valence-corrected chi connectivity index (χ0v) is 8.78. The zero-order chi connectivity index (χ0) is 11.8. The molecule has 1 aromatic rings. The fourth-order valence-electron chi connectivity index (χ4n) is 1.06. The molecule has 5 heteroatoms. The summed E-state index contributed by atoms with van der Waals surface area (Å²) in [6.07, 6.45) is 0.506. The lowest BCUT2D eigenvalue weighted by Gasteiger charge is -2.06. The van der Waals surface area contributed by atoms with Crippen LogP contribution in [0.5, 0.6) is 5.75 Å². The Kier molecular flexibility index (Phi) is 5.28. The Morgan fingerprint density at radius 1 is 1.50 bits per heavy atom. The number of aliphatic hydroxyl groups excluding tert-OH is 1. The number of carbonyl (C=O) groups excluding carboxylic acids is 1. The number of hydrogen-bond acceptors (Lipinski definition) is 3. The van der Waals surface area contributed by atoms with Gasteiger partial charge in [0, 0.05) is 19.2 Å². The predicted octanol–water partition coefficient (Wildman–Crippen LogP) is 0.703. The van der Waals surface area contributed by atoms with Crippen LogP contribution in [0.25, 0.3) is 0 Å². The van der Waals surface area contributed by atoms with Crippen molar-refractivity contribution in [3.63, 3.8) is 0 Å². The molecule has 0 aromatic heterocycles. The molecule has 4 nitrogen and oxygen atoms in total. The lowest BCUT2D eigenvalue weighted by Crippen LogP contribution is -2.30. The van der Waals surface area contributed by atoms with E-state index in [0.29, 0.717) is 18.7 Å². The standard InChI is InChI=1S/C11H14FNO3/c12-9-3-1-4-10(7-9)16-8-11(15)13-5-2-6-14/h1,3-4,7,14H,2,5-6,8H2,(H,13,15). The summed E-state index contributed by atoms with van der Waals surface area (Å²) in [5.74, 6) is -0.381. The van der Waals surface area contributed by atoms with Gasteiger partial charge in [0.05, 0.1) is 0 Å². The third-order valence-corrected chi connectivity index (χ3v) is 1.82. The summed E-state index contributed by atoms with van der Waals surface area (Å²) in [6, 6.07) is 5.59. The predicted molar refractivity (Wildman–Crippen MR) is 56.6 cm³/mol. The number of rotatable bonds is 6. The molecule has 0 unspecified atom stereocenters. The first-order valence-corrected chi connectivity index (χ1v) is 4.98. The molecule has 2 N–H and O–H groups in total. The number of nitrogens with one attached hydrogen (secondary N) is 1. The van der Waals surface area contributed by atoms with E-state index >= 15 is 0 Å². The molecule has 0 heterocycles. The van der Waals surface area contributed by atoms with Crippen LogP contribution in [-0.4, -0.2) is 30.8 Å². The summed E-state index contributed by atoms with van der Waals surface area (Å²) in [6.45, 7) is 0.280. The van der Waals surface area contributed by atoms with Crippen LogP contribution in [0.2, 0.25) is 0 Å². The van der Waals surface area contributed by atoms with Crippen molar-refractivity contribution >= 4 is 5.91 Å². The summed E-state index contributed by atoms with van der Waals surface area (Å²) < 4.78 is 17.8.